The Bertz CT molecular complexity index is 483. The molecule has 0 aliphatic carbocycles. The molecule has 1 aromatic rings. The number of nitrogens with zero attached hydrogens (tertiary/aromatic N) is 1. The molecular weight excluding hydrogens is 252 g/mol. The van der Waals surface area contributed by atoms with Crippen molar-refractivity contribution in [3.05, 3.63) is 34.4 Å². The highest BCUT2D eigenvalue weighted by Gasteiger charge is 2.16. The SMILES string of the molecule is N#Cc1c(CCl)cc(C(F)F)cc1CC(=O)O. The first-order valence-corrected chi connectivity index (χ1v) is 5.14. The standard InChI is InChI=1S/C11H8ClF2NO2/c12-4-8-2-7(11(13)14)1-6(3-10(16)17)9(8)5-15/h1-2,11H,3-4H2,(H,16,17). The van der Waals surface area contributed by atoms with Crippen LogP contribution in [0, 0.1) is 11.3 Å². The molecule has 0 saturated heterocycles. The minimum atomic E-state index is -2.72. The highest BCUT2D eigenvalue weighted by atomic mass is 35.5. The lowest BCUT2D eigenvalue weighted by Crippen LogP contribution is -2.05. The molecule has 0 unspecified atom stereocenters. The van der Waals surface area contributed by atoms with Gasteiger partial charge in [-0.2, -0.15) is 5.26 Å². The number of aliphatic carboxylic acids is 1. The van der Waals surface area contributed by atoms with Crippen molar-refractivity contribution in [3.63, 3.8) is 0 Å². The lowest BCUT2D eigenvalue weighted by molar-refractivity contribution is -0.136. The van der Waals surface area contributed by atoms with E-state index in [1.54, 1.807) is 6.07 Å². The van der Waals surface area contributed by atoms with E-state index in [9.17, 15) is 13.6 Å². The molecule has 3 nitrogen and oxygen atoms in total. The van der Waals surface area contributed by atoms with E-state index < -0.39 is 18.8 Å². The molecule has 0 spiro atoms. The van der Waals surface area contributed by atoms with Gasteiger partial charge in [-0.3, -0.25) is 4.79 Å². The number of nitriles is 1. The summed E-state index contributed by atoms with van der Waals surface area (Å²) >= 11 is 5.55. The minimum Gasteiger partial charge on any atom is -0.481 e. The van der Waals surface area contributed by atoms with Crippen molar-refractivity contribution in [1.82, 2.24) is 0 Å². The molecule has 0 atom stereocenters. The van der Waals surface area contributed by atoms with Crippen molar-refractivity contribution in [3.8, 4) is 6.07 Å². The zero-order valence-corrected chi connectivity index (χ0v) is 9.34. The number of benzene rings is 1. The second kappa shape index (κ2) is 5.60. The summed E-state index contributed by atoms with van der Waals surface area (Å²) in [7, 11) is 0. The summed E-state index contributed by atoms with van der Waals surface area (Å²) in [6.07, 6.45) is -3.20. The number of alkyl halides is 3. The zero-order valence-electron chi connectivity index (χ0n) is 8.58. The summed E-state index contributed by atoms with van der Waals surface area (Å²) in [5, 5.41) is 17.5. The average molecular weight is 260 g/mol. The third-order valence-electron chi connectivity index (χ3n) is 2.17. The monoisotopic (exact) mass is 259 g/mol. The van der Waals surface area contributed by atoms with E-state index in [0.29, 0.717) is 0 Å². The Kier molecular flexibility index (Phi) is 4.41. The molecule has 0 amide bonds. The average Bonchev–Trinajstić information content (AvgIpc) is 2.26. The van der Waals surface area contributed by atoms with Gasteiger partial charge >= 0.3 is 5.97 Å². The fourth-order valence-corrected chi connectivity index (χ4v) is 1.68. The molecule has 1 rings (SSSR count). The third kappa shape index (κ3) is 3.14. The Hall–Kier alpha value is -1.67. The van der Waals surface area contributed by atoms with Crippen LogP contribution in [0.3, 0.4) is 0 Å². The van der Waals surface area contributed by atoms with Gasteiger partial charge in [0.2, 0.25) is 0 Å². The molecular formula is C11H8ClF2NO2. The first kappa shape index (κ1) is 13.4. The molecule has 6 heteroatoms. The van der Waals surface area contributed by atoms with E-state index in [0.717, 1.165) is 12.1 Å². The number of hydrogen-bond donors (Lipinski definition) is 1. The molecule has 1 aromatic carbocycles. The number of rotatable bonds is 4. The number of carbonyl (C=O) groups is 1. The summed E-state index contributed by atoms with van der Waals surface area (Å²) < 4.78 is 25.1. The van der Waals surface area contributed by atoms with Gasteiger partial charge in [0.25, 0.3) is 6.43 Å². The summed E-state index contributed by atoms with van der Waals surface area (Å²) in [5.74, 6) is -1.30. The molecule has 0 aliphatic rings. The van der Waals surface area contributed by atoms with Gasteiger partial charge in [-0.15, -0.1) is 11.6 Å². The van der Waals surface area contributed by atoms with Crippen molar-refractivity contribution in [2.24, 2.45) is 0 Å². The van der Waals surface area contributed by atoms with Crippen LogP contribution in [0.25, 0.3) is 0 Å². The van der Waals surface area contributed by atoms with E-state index >= 15 is 0 Å². The Morgan fingerprint density at radius 1 is 1.47 bits per heavy atom. The molecule has 0 radical (unpaired) electrons. The molecule has 0 saturated carbocycles. The maximum absolute atomic E-state index is 12.6. The van der Waals surface area contributed by atoms with E-state index in [1.807, 2.05) is 0 Å². The second-order valence-corrected chi connectivity index (χ2v) is 3.60. The van der Waals surface area contributed by atoms with Gasteiger partial charge in [0.1, 0.15) is 0 Å². The van der Waals surface area contributed by atoms with Crippen molar-refractivity contribution >= 4 is 17.6 Å². The molecule has 0 bridgehead atoms. The van der Waals surface area contributed by atoms with E-state index in [4.69, 9.17) is 22.0 Å². The lowest BCUT2D eigenvalue weighted by Gasteiger charge is -2.09. The minimum absolute atomic E-state index is 0.0619. The first-order valence-electron chi connectivity index (χ1n) is 4.61. The van der Waals surface area contributed by atoms with Crippen LogP contribution in [0.4, 0.5) is 8.78 Å². The van der Waals surface area contributed by atoms with Crippen molar-refractivity contribution < 1.29 is 18.7 Å². The van der Waals surface area contributed by atoms with E-state index in [1.165, 1.54) is 0 Å². The Balaban J connectivity index is 3.38. The van der Waals surface area contributed by atoms with Crippen LogP contribution in [-0.2, 0) is 17.1 Å². The predicted molar refractivity (Wildman–Crippen MR) is 57.0 cm³/mol. The molecule has 1 N–H and O–H groups in total. The van der Waals surface area contributed by atoms with Gasteiger partial charge in [-0.25, -0.2) is 8.78 Å². The fraction of sp³-hybridized carbons (Fsp3) is 0.273. The van der Waals surface area contributed by atoms with Crippen LogP contribution in [0.15, 0.2) is 12.1 Å². The zero-order chi connectivity index (χ0) is 13.0. The van der Waals surface area contributed by atoms with Crippen molar-refractivity contribution in [2.75, 3.05) is 0 Å². The molecule has 0 aliphatic heterocycles. The van der Waals surface area contributed by atoms with Crippen LogP contribution in [-0.4, -0.2) is 11.1 Å². The van der Waals surface area contributed by atoms with Crippen LogP contribution in [0.1, 0.15) is 28.7 Å². The summed E-state index contributed by atoms with van der Waals surface area (Å²) in [6.45, 7) is 0. The highest BCUT2D eigenvalue weighted by Crippen LogP contribution is 2.26. The third-order valence-corrected chi connectivity index (χ3v) is 2.46. The van der Waals surface area contributed by atoms with Crippen molar-refractivity contribution in [2.45, 2.75) is 18.7 Å². The smallest absolute Gasteiger partial charge is 0.307 e. The molecule has 0 fully saturated rings. The van der Waals surface area contributed by atoms with Crippen LogP contribution >= 0.6 is 11.6 Å². The molecule has 0 aromatic heterocycles. The summed E-state index contributed by atoms with van der Waals surface area (Å²) in [5.41, 5.74) is 0.0272. The number of halogens is 3. The van der Waals surface area contributed by atoms with Crippen LogP contribution in [0.5, 0.6) is 0 Å². The second-order valence-electron chi connectivity index (χ2n) is 3.33. The van der Waals surface area contributed by atoms with Gasteiger partial charge in [0.05, 0.1) is 18.1 Å². The highest BCUT2D eigenvalue weighted by molar-refractivity contribution is 6.17. The van der Waals surface area contributed by atoms with Gasteiger partial charge in [-0.05, 0) is 23.3 Å². The molecule has 90 valence electrons. The number of hydrogen-bond acceptors (Lipinski definition) is 2. The largest absolute Gasteiger partial charge is 0.481 e. The summed E-state index contributed by atoms with van der Waals surface area (Å²) in [4.78, 5) is 10.6. The first-order chi connectivity index (χ1) is 7.99. The topological polar surface area (TPSA) is 61.1 Å². The maximum Gasteiger partial charge on any atom is 0.307 e. The maximum atomic E-state index is 12.6. The Labute approximate surface area is 101 Å². The normalized spacial score (nSPS) is 10.3. The molecule has 17 heavy (non-hydrogen) atoms. The van der Waals surface area contributed by atoms with Gasteiger partial charge in [0.15, 0.2) is 0 Å². The number of carboxylic acid groups (broad SMARTS) is 1. The summed E-state index contributed by atoms with van der Waals surface area (Å²) in [6, 6.07) is 3.96. The van der Waals surface area contributed by atoms with Crippen molar-refractivity contribution in [1.29, 1.82) is 5.26 Å². The van der Waals surface area contributed by atoms with E-state index in [-0.39, 0.29) is 28.1 Å². The Morgan fingerprint density at radius 2 is 2.06 bits per heavy atom. The van der Waals surface area contributed by atoms with E-state index in [2.05, 4.69) is 0 Å². The predicted octanol–water partition coefficient (Wildman–Crippen LogP) is 2.86. The van der Waals surface area contributed by atoms with Crippen LogP contribution in [0.2, 0.25) is 0 Å². The lowest BCUT2D eigenvalue weighted by atomic mass is 9.97. The van der Waals surface area contributed by atoms with Gasteiger partial charge in [-0.1, -0.05) is 0 Å². The number of carboxylic acids is 1. The fourth-order valence-electron chi connectivity index (χ4n) is 1.47. The van der Waals surface area contributed by atoms with Gasteiger partial charge in [0, 0.05) is 11.4 Å². The Morgan fingerprint density at radius 3 is 2.47 bits per heavy atom. The van der Waals surface area contributed by atoms with Gasteiger partial charge < -0.3 is 5.11 Å². The quantitative estimate of drug-likeness (QED) is 0.846. The molecule has 0 heterocycles. The van der Waals surface area contributed by atoms with Crippen LogP contribution < -0.4 is 0 Å².